The van der Waals surface area contributed by atoms with E-state index in [0.29, 0.717) is 13.1 Å². The van der Waals surface area contributed by atoms with E-state index < -0.39 is 0 Å². The summed E-state index contributed by atoms with van der Waals surface area (Å²) in [5.74, 6) is 2.78. The van der Waals surface area contributed by atoms with Crippen molar-refractivity contribution in [2.24, 2.45) is 0 Å². The highest BCUT2D eigenvalue weighted by Gasteiger charge is 2.10. The highest BCUT2D eigenvalue weighted by atomic mass is 32.2. The van der Waals surface area contributed by atoms with Gasteiger partial charge >= 0.3 is 0 Å². The lowest BCUT2D eigenvalue weighted by molar-refractivity contribution is -0.121. The summed E-state index contributed by atoms with van der Waals surface area (Å²) in [6.45, 7) is 2.93. The largest absolute Gasteiger partial charge is 0.354 e. The number of benzene rings is 2. The third-order valence-electron chi connectivity index (χ3n) is 3.83. The molecule has 1 N–H and O–H groups in total. The first-order valence-electron chi connectivity index (χ1n) is 8.04. The zero-order valence-corrected chi connectivity index (χ0v) is 14.6. The molecule has 0 saturated carbocycles. The van der Waals surface area contributed by atoms with Gasteiger partial charge in [0.05, 0.1) is 11.0 Å². The van der Waals surface area contributed by atoms with E-state index in [-0.39, 0.29) is 5.91 Å². The minimum Gasteiger partial charge on any atom is -0.354 e. The molecule has 0 fully saturated rings. The van der Waals surface area contributed by atoms with Crippen molar-refractivity contribution in [2.45, 2.75) is 19.2 Å². The lowest BCUT2D eigenvalue weighted by Crippen LogP contribution is -2.29. The highest BCUT2D eigenvalue weighted by Crippen LogP contribution is 2.15. The standard InChI is InChI=1S/C19H21N3OS/c1-15-21-17-9-5-6-10-18(17)22(15)13-19(23)20-11-12-24-14-16-7-3-2-4-8-16/h2-10H,11-14H2,1H3,(H,20,23). The maximum absolute atomic E-state index is 12.2. The first kappa shape index (κ1) is 16.6. The molecule has 0 aliphatic carbocycles. The fourth-order valence-corrected chi connectivity index (χ4v) is 3.44. The number of nitrogens with one attached hydrogen (secondary N) is 1. The van der Waals surface area contributed by atoms with Gasteiger partial charge in [-0.05, 0) is 24.6 Å². The number of rotatable bonds is 7. The number of imidazole rings is 1. The predicted octanol–water partition coefficient (Wildman–Crippen LogP) is 3.39. The number of nitrogens with zero attached hydrogens (tertiary/aromatic N) is 2. The van der Waals surface area contributed by atoms with Gasteiger partial charge in [-0.25, -0.2) is 4.98 Å². The highest BCUT2D eigenvalue weighted by molar-refractivity contribution is 7.98. The Bertz CT molecular complexity index is 814. The van der Waals surface area contributed by atoms with Crippen LogP contribution in [0.1, 0.15) is 11.4 Å². The van der Waals surface area contributed by atoms with Crippen molar-refractivity contribution in [1.82, 2.24) is 14.9 Å². The van der Waals surface area contributed by atoms with Crippen LogP contribution in [0.25, 0.3) is 11.0 Å². The summed E-state index contributed by atoms with van der Waals surface area (Å²) < 4.78 is 1.96. The molecule has 1 heterocycles. The van der Waals surface area contributed by atoms with Gasteiger partial charge in [-0.3, -0.25) is 4.79 Å². The van der Waals surface area contributed by atoms with Crippen molar-refractivity contribution in [1.29, 1.82) is 0 Å². The summed E-state index contributed by atoms with van der Waals surface area (Å²) in [6.07, 6.45) is 0. The molecule has 0 unspecified atom stereocenters. The molecule has 0 radical (unpaired) electrons. The second-order valence-corrected chi connectivity index (χ2v) is 6.73. The molecule has 2 aromatic carbocycles. The van der Waals surface area contributed by atoms with Crippen LogP contribution in [0.15, 0.2) is 54.6 Å². The molecular formula is C19H21N3OS. The Morgan fingerprint density at radius 1 is 1.12 bits per heavy atom. The Morgan fingerprint density at radius 3 is 2.71 bits per heavy atom. The van der Waals surface area contributed by atoms with Gasteiger partial charge in [0, 0.05) is 18.1 Å². The number of hydrogen-bond acceptors (Lipinski definition) is 3. The number of hydrogen-bond donors (Lipinski definition) is 1. The summed E-state index contributed by atoms with van der Waals surface area (Å²) >= 11 is 1.83. The normalized spacial score (nSPS) is 10.9. The van der Waals surface area contributed by atoms with Crippen LogP contribution in [0.2, 0.25) is 0 Å². The summed E-state index contributed by atoms with van der Waals surface area (Å²) in [5.41, 5.74) is 3.25. The van der Waals surface area contributed by atoms with Crippen LogP contribution in [0.5, 0.6) is 0 Å². The SMILES string of the molecule is Cc1nc2ccccc2n1CC(=O)NCCSCc1ccccc1. The van der Waals surface area contributed by atoms with Gasteiger partial charge in [-0.2, -0.15) is 11.8 Å². The Hall–Kier alpha value is -2.27. The molecule has 3 rings (SSSR count). The second-order valence-electron chi connectivity index (χ2n) is 5.62. The molecular weight excluding hydrogens is 318 g/mol. The van der Waals surface area contributed by atoms with E-state index in [9.17, 15) is 4.79 Å². The molecule has 4 nitrogen and oxygen atoms in total. The molecule has 0 atom stereocenters. The maximum atomic E-state index is 12.2. The first-order chi connectivity index (χ1) is 11.7. The van der Waals surface area contributed by atoms with Crippen molar-refractivity contribution in [3.63, 3.8) is 0 Å². The van der Waals surface area contributed by atoms with Crippen LogP contribution in [0, 0.1) is 6.92 Å². The molecule has 0 spiro atoms. The Morgan fingerprint density at radius 2 is 1.88 bits per heavy atom. The van der Waals surface area contributed by atoms with E-state index in [1.807, 2.05) is 53.6 Å². The number of carbonyl (C=O) groups excluding carboxylic acids is 1. The zero-order chi connectivity index (χ0) is 16.8. The van der Waals surface area contributed by atoms with E-state index in [0.717, 1.165) is 28.4 Å². The van der Waals surface area contributed by atoms with Crippen molar-refractivity contribution in [3.8, 4) is 0 Å². The molecule has 0 bridgehead atoms. The summed E-state index contributed by atoms with van der Waals surface area (Å²) in [5, 5.41) is 2.99. The molecule has 0 aliphatic heterocycles. The fourth-order valence-electron chi connectivity index (χ4n) is 2.62. The van der Waals surface area contributed by atoms with Crippen LogP contribution in [0.4, 0.5) is 0 Å². The van der Waals surface area contributed by atoms with Crippen LogP contribution in [-0.2, 0) is 17.1 Å². The van der Waals surface area contributed by atoms with Gasteiger partial charge in [-0.15, -0.1) is 0 Å². The monoisotopic (exact) mass is 339 g/mol. The van der Waals surface area contributed by atoms with Crippen LogP contribution >= 0.6 is 11.8 Å². The van der Waals surface area contributed by atoms with Crippen molar-refractivity contribution in [3.05, 3.63) is 66.0 Å². The zero-order valence-electron chi connectivity index (χ0n) is 13.7. The van der Waals surface area contributed by atoms with Crippen LogP contribution in [0.3, 0.4) is 0 Å². The van der Waals surface area contributed by atoms with Crippen molar-refractivity contribution in [2.75, 3.05) is 12.3 Å². The van der Waals surface area contributed by atoms with Gasteiger partial charge in [-0.1, -0.05) is 42.5 Å². The fraction of sp³-hybridized carbons (Fsp3) is 0.263. The minimum atomic E-state index is 0.0292. The Balaban J connectivity index is 1.45. The van der Waals surface area contributed by atoms with Gasteiger partial charge < -0.3 is 9.88 Å². The van der Waals surface area contributed by atoms with Gasteiger partial charge in [0.15, 0.2) is 0 Å². The number of thioether (sulfide) groups is 1. The van der Waals surface area contributed by atoms with E-state index in [4.69, 9.17) is 0 Å². The Kier molecular flexibility index (Phi) is 5.54. The third-order valence-corrected chi connectivity index (χ3v) is 4.86. The number of para-hydroxylation sites is 2. The lowest BCUT2D eigenvalue weighted by atomic mass is 10.2. The number of aromatic nitrogens is 2. The molecule has 124 valence electrons. The average Bonchev–Trinajstić information content (AvgIpc) is 2.91. The minimum absolute atomic E-state index is 0.0292. The lowest BCUT2D eigenvalue weighted by Gasteiger charge is -2.08. The predicted molar refractivity (Wildman–Crippen MR) is 100 cm³/mol. The van der Waals surface area contributed by atoms with Crippen LogP contribution < -0.4 is 5.32 Å². The smallest absolute Gasteiger partial charge is 0.240 e. The molecule has 3 aromatic rings. The summed E-state index contributed by atoms with van der Waals surface area (Å²) in [4.78, 5) is 16.7. The van der Waals surface area contributed by atoms with Crippen molar-refractivity contribution < 1.29 is 4.79 Å². The number of fused-ring (bicyclic) bond motifs is 1. The molecule has 1 aromatic heterocycles. The van der Waals surface area contributed by atoms with Gasteiger partial charge in [0.25, 0.3) is 0 Å². The van der Waals surface area contributed by atoms with E-state index in [1.165, 1.54) is 5.56 Å². The van der Waals surface area contributed by atoms with Crippen LogP contribution in [-0.4, -0.2) is 27.8 Å². The average molecular weight is 339 g/mol. The van der Waals surface area contributed by atoms with Crippen molar-refractivity contribution >= 4 is 28.7 Å². The molecule has 24 heavy (non-hydrogen) atoms. The van der Waals surface area contributed by atoms with E-state index in [1.54, 1.807) is 0 Å². The third kappa shape index (κ3) is 4.17. The van der Waals surface area contributed by atoms with E-state index in [2.05, 4.69) is 34.6 Å². The second kappa shape index (κ2) is 8.02. The Labute approximate surface area is 146 Å². The maximum Gasteiger partial charge on any atom is 0.240 e. The molecule has 0 saturated heterocycles. The molecule has 1 amide bonds. The van der Waals surface area contributed by atoms with Gasteiger partial charge in [0.2, 0.25) is 5.91 Å². The topological polar surface area (TPSA) is 46.9 Å². The number of amides is 1. The van der Waals surface area contributed by atoms with E-state index >= 15 is 0 Å². The molecule has 5 heteroatoms. The summed E-state index contributed by atoms with van der Waals surface area (Å²) in [7, 11) is 0. The van der Waals surface area contributed by atoms with Gasteiger partial charge in [0.1, 0.15) is 12.4 Å². The summed E-state index contributed by atoms with van der Waals surface area (Å²) in [6, 6.07) is 18.3. The quantitative estimate of drug-likeness (QED) is 0.671. The number of aryl methyl sites for hydroxylation is 1. The molecule has 0 aliphatic rings. The number of carbonyl (C=O) groups is 1. The first-order valence-corrected chi connectivity index (χ1v) is 9.20.